The second-order valence-corrected chi connectivity index (χ2v) is 9.13. The monoisotopic (exact) mass is 474 g/mol. The quantitative estimate of drug-likeness (QED) is 0.303. The van der Waals surface area contributed by atoms with Crippen LogP contribution in [0.3, 0.4) is 0 Å². The molecule has 0 aliphatic rings. The highest BCUT2D eigenvalue weighted by molar-refractivity contribution is 7.98. The van der Waals surface area contributed by atoms with Crippen molar-refractivity contribution < 1.29 is 8.94 Å². The second-order valence-electron chi connectivity index (χ2n) is 8.21. The molecule has 0 saturated carbocycles. The summed E-state index contributed by atoms with van der Waals surface area (Å²) in [6.45, 7) is 4.53. The normalized spacial score (nSPS) is 11.5. The van der Waals surface area contributed by atoms with Gasteiger partial charge in [0, 0.05) is 11.8 Å². The van der Waals surface area contributed by atoms with Crippen molar-refractivity contribution in [3.05, 3.63) is 82.2 Å². The van der Waals surface area contributed by atoms with Crippen LogP contribution in [0.4, 0.5) is 0 Å². The van der Waals surface area contributed by atoms with Gasteiger partial charge in [-0.15, -0.1) is 10.2 Å². The second kappa shape index (κ2) is 9.60. The third-order valence-electron chi connectivity index (χ3n) is 5.07. The molecule has 2 aromatic carbocycles. The average Bonchev–Trinajstić information content (AvgIpc) is 3.49. The first-order chi connectivity index (χ1) is 16.6. The van der Waals surface area contributed by atoms with E-state index in [-0.39, 0.29) is 11.4 Å². The van der Waals surface area contributed by atoms with E-state index in [0.29, 0.717) is 51.6 Å². The minimum Gasteiger partial charge on any atom is -0.409 e. The van der Waals surface area contributed by atoms with Crippen molar-refractivity contribution in [2.24, 2.45) is 5.92 Å². The molecule has 0 atom stereocenters. The van der Waals surface area contributed by atoms with Crippen LogP contribution in [0.5, 0.6) is 0 Å². The van der Waals surface area contributed by atoms with Crippen LogP contribution in [0.1, 0.15) is 31.1 Å². The molecule has 3 heterocycles. The molecule has 172 valence electrons. The third-order valence-corrected chi connectivity index (χ3v) is 5.88. The largest absolute Gasteiger partial charge is 0.409 e. The van der Waals surface area contributed by atoms with Gasteiger partial charge < -0.3 is 8.94 Å². The highest BCUT2D eigenvalue weighted by atomic mass is 32.2. The lowest BCUT2D eigenvalue weighted by Crippen LogP contribution is -2.24. The summed E-state index contributed by atoms with van der Waals surface area (Å²) in [6.07, 6.45) is 0.736. The Morgan fingerprint density at radius 3 is 2.56 bits per heavy atom. The van der Waals surface area contributed by atoms with E-state index in [1.54, 1.807) is 6.07 Å². The molecule has 0 aliphatic heterocycles. The maximum atomic E-state index is 13.1. The summed E-state index contributed by atoms with van der Waals surface area (Å²) in [4.78, 5) is 17.5. The zero-order valence-electron chi connectivity index (χ0n) is 18.7. The number of nitrogens with zero attached hydrogens (tertiary/aromatic N) is 6. The van der Waals surface area contributed by atoms with Gasteiger partial charge >= 0.3 is 0 Å². The van der Waals surface area contributed by atoms with E-state index in [4.69, 9.17) is 8.94 Å². The zero-order chi connectivity index (χ0) is 23.5. The van der Waals surface area contributed by atoms with Gasteiger partial charge in [-0.1, -0.05) is 79.3 Å². The van der Waals surface area contributed by atoms with Crippen LogP contribution in [-0.2, 0) is 18.7 Å². The fourth-order valence-corrected chi connectivity index (χ4v) is 4.13. The summed E-state index contributed by atoms with van der Waals surface area (Å²) in [5.41, 5.74) is 1.26. The lowest BCUT2D eigenvalue weighted by atomic mass is 10.1. The maximum Gasteiger partial charge on any atom is 0.277 e. The molecule has 0 aliphatic carbocycles. The molecule has 0 amide bonds. The van der Waals surface area contributed by atoms with Gasteiger partial charge in [0.15, 0.2) is 11.5 Å². The summed E-state index contributed by atoms with van der Waals surface area (Å²) in [5.74, 6) is 2.31. The smallest absolute Gasteiger partial charge is 0.277 e. The van der Waals surface area contributed by atoms with Crippen molar-refractivity contribution in [1.29, 1.82) is 0 Å². The van der Waals surface area contributed by atoms with Crippen LogP contribution in [0.2, 0.25) is 0 Å². The molecule has 34 heavy (non-hydrogen) atoms. The van der Waals surface area contributed by atoms with Gasteiger partial charge in [0.25, 0.3) is 16.7 Å². The van der Waals surface area contributed by atoms with Gasteiger partial charge in [-0.05, 0) is 17.5 Å². The summed E-state index contributed by atoms with van der Waals surface area (Å²) >= 11 is 1.32. The Bertz CT molecular complexity index is 1480. The fraction of sp³-hybridized carbons (Fsp3) is 0.250. The summed E-state index contributed by atoms with van der Waals surface area (Å²) in [7, 11) is 0. The number of hydrogen-bond acceptors (Lipinski definition) is 9. The molecular weight excluding hydrogens is 452 g/mol. The Morgan fingerprint density at radius 1 is 1.00 bits per heavy atom. The summed E-state index contributed by atoms with van der Waals surface area (Å²) in [5, 5.41) is 18.5. The minimum absolute atomic E-state index is 0.174. The molecule has 9 nitrogen and oxygen atoms in total. The van der Waals surface area contributed by atoms with Gasteiger partial charge in [-0.25, -0.2) is 4.68 Å². The number of benzene rings is 2. The van der Waals surface area contributed by atoms with Crippen LogP contribution < -0.4 is 5.56 Å². The molecule has 0 bridgehead atoms. The van der Waals surface area contributed by atoms with Gasteiger partial charge in [-0.2, -0.15) is 10.1 Å². The van der Waals surface area contributed by atoms with E-state index in [9.17, 15) is 4.79 Å². The van der Waals surface area contributed by atoms with Gasteiger partial charge in [-0.3, -0.25) is 4.79 Å². The number of thioether (sulfide) groups is 1. The Morgan fingerprint density at radius 2 is 1.76 bits per heavy atom. The highest BCUT2D eigenvalue weighted by Gasteiger charge is 2.18. The van der Waals surface area contributed by atoms with E-state index in [1.807, 2.05) is 48.5 Å². The first-order valence-corrected chi connectivity index (χ1v) is 11.9. The van der Waals surface area contributed by atoms with E-state index >= 15 is 0 Å². The maximum absolute atomic E-state index is 13.1. The lowest BCUT2D eigenvalue weighted by molar-refractivity contribution is 0.360. The van der Waals surface area contributed by atoms with E-state index in [0.717, 1.165) is 12.0 Å². The minimum atomic E-state index is -0.174. The van der Waals surface area contributed by atoms with Crippen molar-refractivity contribution >= 4 is 22.5 Å². The predicted molar refractivity (Wildman–Crippen MR) is 127 cm³/mol. The Hall–Kier alpha value is -3.79. The Kier molecular flexibility index (Phi) is 6.22. The first-order valence-electron chi connectivity index (χ1n) is 10.9. The molecule has 5 rings (SSSR count). The van der Waals surface area contributed by atoms with E-state index in [1.165, 1.54) is 16.4 Å². The SMILES string of the molecule is CC(C)Cc1nc(CSc2nnc(-c3nn(Cc4ccccc4)c(=O)c4ccccc34)o2)no1. The topological polar surface area (TPSA) is 113 Å². The molecule has 5 aromatic rings. The van der Waals surface area contributed by atoms with Crippen LogP contribution in [0.15, 0.2) is 73.6 Å². The molecule has 3 aromatic heterocycles. The summed E-state index contributed by atoms with van der Waals surface area (Å²) < 4.78 is 12.6. The van der Waals surface area contributed by atoms with Crippen molar-refractivity contribution in [3.8, 4) is 11.6 Å². The van der Waals surface area contributed by atoms with Crippen LogP contribution in [-0.4, -0.2) is 30.1 Å². The molecule has 0 N–H and O–H groups in total. The predicted octanol–water partition coefficient (Wildman–Crippen LogP) is 4.37. The lowest BCUT2D eigenvalue weighted by Gasteiger charge is -2.09. The molecular formula is C24H22N6O3S. The van der Waals surface area contributed by atoms with Crippen LogP contribution >= 0.6 is 11.8 Å². The van der Waals surface area contributed by atoms with Crippen LogP contribution in [0.25, 0.3) is 22.4 Å². The van der Waals surface area contributed by atoms with Gasteiger partial charge in [0.05, 0.1) is 17.7 Å². The van der Waals surface area contributed by atoms with Crippen molar-refractivity contribution in [2.45, 2.75) is 37.8 Å². The fourth-order valence-electron chi connectivity index (χ4n) is 3.53. The number of rotatable bonds is 8. The Labute approximate surface area is 199 Å². The molecule has 0 unspecified atom stereocenters. The number of aromatic nitrogens is 6. The number of fused-ring (bicyclic) bond motifs is 1. The number of hydrogen-bond donors (Lipinski definition) is 0. The zero-order valence-corrected chi connectivity index (χ0v) is 19.5. The summed E-state index contributed by atoms with van der Waals surface area (Å²) in [6, 6.07) is 17.0. The average molecular weight is 475 g/mol. The standard InChI is InChI=1S/C24H22N6O3S/c1-15(2)12-20-25-19(29-33-20)14-34-24-27-26-22(32-24)21-17-10-6-7-11-18(17)23(31)30(28-21)13-16-8-4-3-5-9-16/h3-11,15H,12-14H2,1-2H3. The molecule has 0 radical (unpaired) electrons. The first kappa shape index (κ1) is 22.0. The van der Waals surface area contributed by atoms with Crippen molar-refractivity contribution in [2.75, 3.05) is 0 Å². The molecule has 0 saturated heterocycles. The van der Waals surface area contributed by atoms with Crippen molar-refractivity contribution in [1.82, 2.24) is 30.1 Å². The highest BCUT2D eigenvalue weighted by Crippen LogP contribution is 2.28. The Balaban J connectivity index is 1.42. The molecule has 10 heteroatoms. The van der Waals surface area contributed by atoms with Gasteiger partial charge in [0.2, 0.25) is 5.89 Å². The van der Waals surface area contributed by atoms with E-state index < -0.39 is 0 Å². The third kappa shape index (κ3) is 4.76. The molecule has 0 spiro atoms. The van der Waals surface area contributed by atoms with Gasteiger partial charge in [0.1, 0.15) is 0 Å². The van der Waals surface area contributed by atoms with Crippen LogP contribution in [0, 0.1) is 5.92 Å². The van der Waals surface area contributed by atoms with Crippen molar-refractivity contribution in [3.63, 3.8) is 0 Å². The molecule has 0 fully saturated rings. The van der Waals surface area contributed by atoms with E-state index in [2.05, 4.69) is 39.3 Å².